The molecule has 0 aromatic carbocycles. The van der Waals surface area contributed by atoms with Crippen molar-refractivity contribution in [1.82, 2.24) is 9.38 Å². The maximum Gasteiger partial charge on any atom is 0.136 e. The van der Waals surface area contributed by atoms with Crippen molar-refractivity contribution in [3.8, 4) is 6.07 Å². The molecule has 0 spiro atoms. The normalized spacial score (nSPS) is 10.3. The largest absolute Gasteiger partial charge is 0.330 e. The van der Waals surface area contributed by atoms with Crippen LogP contribution in [0.25, 0.3) is 5.65 Å². The van der Waals surface area contributed by atoms with Gasteiger partial charge in [-0.1, -0.05) is 0 Å². The summed E-state index contributed by atoms with van der Waals surface area (Å²) in [6, 6.07) is 5.69. The van der Waals surface area contributed by atoms with Gasteiger partial charge in [0.25, 0.3) is 0 Å². The monoisotopic (exact) mass is 186 g/mol. The molecule has 70 valence electrons. The van der Waals surface area contributed by atoms with Crippen LogP contribution >= 0.6 is 0 Å². The fourth-order valence-corrected chi connectivity index (χ4v) is 1.43. The summed E-state index contributed by atoms with van der Waals surface area (Å²) in [6.45, 7) is 0.588. The molecule has 0 amide bonds. The molecule has 2 N–H and O–H groups in total. The first kappa shape index (κ1) is 8.73. The van der Waals surface area contributed by atoms with Gasteiger partial charge in [-0.3, -0.25) is 0 Å². The van der Waals surface area contributed by atoms with Crippen LogP contribution in [0, 0.1) is 11.3 Å². The highest BCUT2D eigenvalue weighted by Crippen LogP contribution is 2.08. The number of hydrogen-bond donors (Lipinski definition) is 1. The van der Waals surface area contributed by atoms with Crippen LogP contribution in [0.2, 0.25) is 0 Å². The highest BCUT2D eigenvalue weighted by Gasteiger charge is 2.02. The molecule has 2 heterocycles. The summed E-state index contributed by atoms with van der Waals surface area (Å²) in [5, 5.41) is 8.75. The standard InChI is InChI=1S/C10H10N4/c11-4-3-9-6-13-10-2-1-8(5-12)7-14(9)10/h1-2,6-7H,3-4,11H2. The van der Waals surface area contributed by atoms with Crippen LogP contribution in [-0.2, 0) is 6.42 Å². The molecule has 4 heteroatoms. The zero-order valence-corrected chi connectivity index (χ0v) is 7.64. The van der Waals surface area contributed by atoms with E-state index in [4.69, 9.17) is 11.0 Å². The van der Waals surface area contributed by atoms with Gasteiger partial charge in [-0.15, -0.1) is 0 Å². The molecular formula is C10H10N4. The summed E-state index contributed by atoms with van der Waals surface area (Å²) in [7, 11) is 0. The topological polar surface area (TPSA) is 67.1 Å². The molecule has 0 aliphatic heterocycles. The smallest absolute Gasteiger partial charge is 0.136 e. The number of fused-ring (bicyclic) bond motifs is 1. The molecule has 0 aliphatic carbocycles. The molecule has 0 saturated heterocycles. The van der Waals surface area contributed by atoms with E-state index in [-0.39, 0.29) is 0 Å². The summed E-state index contributed by atoms with van der Waals surface area (Å²) in [6.07, 6.45) is 4.35. The Morgan fingerprint density at radius 2 is 2.36 bits per heavy atom. The van der Waals surface area contributed by atoms with E-state index in [0.29, 0.717) is 12.1 Å². The molecule has 0 bridgehead atoms. The molecular weight excluding hydrogens is 176 g/mol. The SMILES string of the molecule is N#Cc1ccc2ncc(CCN)n2c1. The van der Waals surface area contributed by atoms with Crippen molar-refractivity contribution in [3.05, 3.63) is 35.8 Å². The van der Waals surface area contributed by atoms with Crippen LogP contribution < -0.4 is 5.73 Å². The van der Waals surface area contributed by atoms with E-state index in [1.807, 2.05) is 10.5 Å². The van der Waals surface area contributed by atoms with Crippen molar-refractivity contribution >= 4 is 5.65 Å². The van der Waals surface area contributed by atoms with Gasteiger partial charge in [0.15, 0.2) is 0 Å². The molecule has 0 aliphatic rings. The molecule has 0 fully saturated rings. The summed E-state index contributed by atoms with van der Waals surface area (Å²) in [5.74, 6) is 0. The van der Waals surface area contributed by atoms with Crippen LogP contribution in [0.4, 0.5) is 0 Å². The van der Waals surface area contributed by atoms with Gasteiger partial charge >= 0.3 is 0 Å². The first-order chi connectivity index (χ1) is 6.85. The fourth-order valence-electron chi connectivity index (χ4n) is 1.43. The summed E-state index contributed by atoms with van der Waals surface area (Å²) >= 11 is 0. The number of nitriles is 1. The van der Waals surface area contributed by atoms with E-state index in [9.17, 15) is 0 Å². The van der Waals surface area contributed by atoms with Gasteiger partial charge in [0.1, 0.15) is 11.7 Å². The van der Waals surface area contributed by atoms with Gasteiger partial charge in [0.05, 0.1) is 5.56 Å². The highest BCUT2D eigenvalue weighted by molar-refractivity contribution is 5.44. The van der Waals surface area contributed by atoms with Gasteiger partial charge < -0.3 is 10.1 Å². The summed E-state index contributed by atoms with van der Waals surface area (Å²) in [5.41, 5.74) is 8.00. The molecule has 4 nitrogen and oxygen atoms in total. The minimum Gasteiger partial charge on any atom is -0.330 e. The Bertz CT molecular complexity index is 492. The van der Waals surface area contributed by atoms with Crippen molar-refractivity contribution in [2.75, 3.05) is 6.54 Å². The Morgan fingerprint density at radius 3 is 3.07 bits per heavy atom. The molecule has 2 aromatic heterocycles. The molecule has 0 saturated carbocycles. The third-order valence-electron chi connectivity index (χ3n) is 2.11. The van der Waals surface area contributed by atoms with E-state index < -0.39 is 0 Å². The number of pyridine rings is 1. The van der Waals surface area contributed by atoms with Crippen LogP contribution in [0.15, 0.2) is 24.5 Å². The predicted molar refractivity (Wildman–Crippen MR) is 52.7 cm³/mol. The van der Waals surface area contributed by atoms with Crippen molar-refractivity contribution in [3.63, 3.8) is 0 Å². The second-order valence-corrected chi connectivity index (χ2v) is 3.05. The maximum atomic E-state index is 8.75. The van der Waals surface area contributed by atoms with Gasteiger partial charge in [-0.05, 0) is 18.7 Å². The highest BCUT2D eigenvalue weighted by atomic mass is 15.0. The lowest BCUT2D eigenvalue weighted by Gasteiger charge is -1.99. The fraction of sp³-hybridized carbons (Fsp3) is 0.200. The third-order valence-corrected chi connectivity index (χ3v) is 2.11. The minimum absolute atomic E-state index is 0.588. The maximum absolute atomic E-state index is 8.75. The third kappa shape index (κ3) is 1.34. The Morgan fingerprint density at radius 1 is 1.50 bits per heavy atom. The summed E-state index contributed by atoms with van der Waals surface area (Å²) in [4.78, 5) is 4.21. The molecule has 2 aromatic rings. The number of rotatable bonds is 2. The van der Waals surface area contributed by atoms with Crippen molar-refractivity contribution in [2.45, 2.75) is 6.42 Å². The van der Waals surface area contributed by atoms with Crippen molar-refractivity contribution < 1.29 is 0 Å². The van der Waals surface area contributed by atoms with Gasteiger partial charge in [0, 0.05) is 24.5 Å². The first-order valence-corrected chi connectivity index (χ1v) is 4.41. The van der Waals surface area contributed by atoms with E-state index in [0.717, 1.165) is 17.8 Å². The predicted octanol–water partition coefficient (Wildman–Crippen LogP) is 0.707. The van der Waals surface area contributed by atoms with Crippen molar-refractivity contribution in [2.24, 2.45) is 5.73 Å². The summed E-state index contributed by atoms with van der Waals surface area (Å²) < 4.78 is 1.91. The quantitative estimate of drug-likeness (QED) is 0.751. The van der Waals surface area contributed by atoms with E-state index in [1.165, 1.54) is 0 Å². The second-order valence-electron chi connectivity index (χ2n) is 3.05. The van der Waals surface area contributed by atoms with Gasteiger partial charge in [-0.2, -0.15) is 5.26 Å². The van der Waals surface area contributed by atoms with E-state index in [2.05, 4.69) is 11.1 Å². The van der Waals surface area contributed by atoms with Crippen LogP contribution in [0.3, 0.4) is 0 Å². The Hall–Kier alpha value is -1.86. The molecule has 14 heavy (non-hydrogen) atoms. The van der Waals surface area contributed by atoms with Crippen LogP contribution in [-0.4, -0.2) is 15.9 Å². The number of hydrogen-bond acceptors (Lipinski definition) is 3. The average Bonchev–Trinajstić information content (AvgIpc) is 2.61. The molecule has 0 unspecified atom stereocenters. The number of aromatic nitrogens is 2. The molecule has 0 radical (unpaired) electrons. The lowest BCUT2D eigenvalue weighted by Crippen LogP contribution is -2.05. The lowest BCUT2D eigenvalue weighted by atomic mass is 10.3. The number of imidazole rings is 1. The number of nitrogens with two attached hydrogens (primary N) is 1. The van der Waals surface area contributed by atoms with Gasteiger partial charge in [-0.25, -0.2) is 4.98 Å². The Balaban J connectivity index is 2.59. The van der Waals surface area contributed by atoms with Crippen LogP contribution in [0.5, 0.6) is 0 Å². The number of nitrogens with zero attached hydrogens (tertiary/aromatic N) is 3. The lowest BCUT2D eigenvalue weighted by molar-refractivity contribution is 0.904. The second kappa shape index (κ2) is 3.48. The zero-order chi connectivity index (χ0) is 9.97. The molecule has 2 rings (SSSR count). The van der Waals surface area contributed by atoms with Crippen LogP contribution in [0.1, 0.15) is 11.3 Å². The Kier molecular flexibility index (Phi) is 2.17. The zero-order valence-electron chi connectivity index (χ0n) is 7.64. The van der Waals surface area contributed by atoms with E-state index in [1.54, 1.807) is 18.5 Å². The van der Waals surface area contributed by atoms with Gasteiger partial charge in [0.2, 0.25) is 0 Å². The Labute approximate surface area is 81.6 Å². The molecule has 0 atom stereocenters. The minimum atomic E-state index is 0.588. The average molecular weight is 186 g/mol. The first-order valence-electron chi connectivity index (χ1n) is 4.41. The van der Waals surface area contributed by atoms with E-state index >= 15 is 0 Å². The van der Waals surface area contributed by atoms with Crippen molar-refractivity contribution in [1.29, 1.82) is 5.26 Å².